The molecule has 1 N–H and O–H groups in total. The van der Waals surface area contributed by atoms with Crippen molar-refractivity contribution in [3.8, 4) is 0 Å². The van der Waals surface area contributed by atoms with Crippen molar-refractivity contribution < 1.29 is 8.78 Å². The van der Waals surface area contributed by atoms with Gasteiger partial charge in [-0.1, -0.05) is 6.92 Å². The average molecular weight is 265 g/mol. The van der Waals surface area contributed by atoms with Crippen LogP contribution in [0.1, 0.15) is 44.2 Å². The second kappa shape index (κ2) is 5.20. The Hall–Kier alpha value is -0.960. The standard InChI is InChI=1S/C16H21F2N/c1-2-5-19-16(12-7-10-6-11(10)8-12)14-9-13(17)3-4-15(14)18/h3-4,9-12,16,19H,2,5-8H2,1H3. The van der Waals surface area contributed by atoms with E-state index in [1.165, 1.54) is 37.5 Å². The molecule has 0 spiro atoms. The van der Waals surface area contributed by atoms with Gasteiger partial charge in [0.25, 0.3) is 0 Å². The zero-order chi connectivity index (χ0) is 13.4. The highest BCUT2D eigenvalue weighted by Gasteiger charge is 2.48. The monoisotopic (exact) mass is 265 g/mol. The number of halogens is 2. The van der Waals surface area contributed by atoms with Crippen LogP contribution >= 0.6 is 0 Å². The summed E-state index contributed by atoms with van der Waals surface area (Å²) >= 11 is 0. The van der Waals surface area contributed by atoms with Gasteiger partial charge in [-0.05, 0) is 68.2 Å². The van der Waals surface area contributed by atoms with Crippen molar-refractivity contribution in [1.82, 2.24) is 5.32 Å². The van der Waals surface area contributed by atoms with Crippen molar-refractivity contribution in [2.75, 3.05) is 6.54 Å². The number of nitrogens with one attached hydrogen (secondary N) is 1. The van der Waals surface area contributed by atoms with Crippen LogP contribution in [-0.2, 0) is 0 Å². The lowest BCUT2D eigenvalue weighted by atomic mass is 9.88. The predicted octanol–water partition coefficient (Wildman–Crippen LogP) is 4.05. The lowest BCUT2D eigenvalue weighted by Gasteiger charge is -2.27. The molecule has 3 atom stereocenters. The molecule has 1 nitrogen and oxygen atoms in total. The summed E-state index contributed by atoms with van der Waals surface area (Å²) in [4.78, 5) is 0. The van der Waals surface area contributed by atoms with Crippen molar-refractivity contribution in [3.63, 3.8) is 0 Å². The van der Waals surface area contributed by atoms with Crippen molar-refractivity contribution in [3.05, 3.63) is 35.4 Å². The molecule has 0 heterocycles. The minimum absolute atomic E-state index is 0.0246. The first-order valence-corrected chi connectivity index (χ1v) is 7.37. The maximum absolute atomic E-state index is 14.0. The zero-order valence-electron chi connectivity index (χ0n) is 11.3. The second-order valence-corrected chi connectivity index (χ2v) is 6.08. The molecule has 0 radical (unpaired) electrons. The SMILES string of the molecule is CCCNC(c1cc(F)ccc1F)C1CC2CC2C1. The van der Waals surface area contributed by atoms with Crippen molar-refractivity contribution >= 4 is 0 Å². The Labute approximate surface area is 113 Å². The Morgan fingerprint density at radius 1 is 1.21 bits per heavy atom. The summed E-state index contributed by atoms with van der Waals surface area (Å²) in [5.41, 5.74) is 0.514. The first kappa shape index (κ1) is 13.0. The number of fused-ring (bicyclic) bond motifs is 1. The highest BCUT2D eigenvalue weighted by molar-refractivity contribution is 5.24. The van der Waals surface area contributed by atoms with Crippen LogP contribution in [0, 0.1) is 29.4 Å². The maximum atomic E-state index is 14.0. The summed E-state index contributed by atoms with van der Waals surface area (Å²) in [5, 5.41) is 3.43. The van der Waals surface area contributed by atoms with Crippen molar-refractivity contribution in [2.45, 2.75) is 38.6 Å². The summed E-state index contributed by atoms with van der Waals surface area (Å²) in [6.45, 7) is 2.95. The molecule has 1 aromatic rings. The van der Waals surface area contributed by atoms with E-state index in [0.717, 1.165) is 24.8 Å². The largest absolute Gasteiger partial charge is 0.310 e. The molecule has 0 bridgehead atoms. The second-order valence-electron chi connectivity index (χ2n) is 6.08. The van der Waals surface area contributed by atoms with Crippen LogP contribution < -0.4 is 5.32 Å². The van der Waals surface area contributed by atoms with Gasteiger partial charge in [-0.2, -0.15) is 0 Å². The molecule has 3 heteroatoms. The van der Waals surface area contributed by atoms with E-state index >= 15 is 0 Å². The Kier molecular flexibility index (Phi) is 3.57. The summed E-state index contributed by atoms with van der Waals surface area (Å²) < 4.78 is 27.4. The van der Waals surface area contributed by atoms with Crippen LogP contribution in [0.15, 0.2) is 18.2 Å². The van der Waals surface area contributed by atoms with Crippen LogP contribution in [0.3, 0.4) is 0 Å². The van der Waals surface area contributed by atoms with E-state index in [0.29, 0.717) is 11.5 Å². The Bertz CT molecular complexity index is 450. The average Bonchev–Trinajstić information content (AvgIpc) is 3.01. The minimum atomic E-state index is -0.345. The zero-order valence-corrected chi connectivity index (χ0v) is 11.3. The number of hydrogen-bond donors (Lipinski definition) is 1. The van der Waals surface area contributed by atoms with E-state index in [-0.39, 0.29) is 17.7 Å². The third kappa shape index (κ3) is 2.66. The van der Waals surface area contributed by atoms with Gasteiger partial charge in [-0.3, -0.25) is 0 Å². The predicted molar refractivity (Wildman–Crippen MR) is 71.7 cm³/mol. The molecule has 2 aliphatic carbocycles. The number of benzene rings is 1. The number of hydrogen-bond acceptors (Lipinski definition) is 1. The van der Waals surface area contributed by atoms with E-state index in [1.807, 2.05) is 0 Å². The van der Waals surface area contributed by atoms with Gasteiger partial charge in [-0.15, -0.1) is 0 Å². The summed E-state index contributed by atoms with van der Waals surface area (Å²) in [5.74, 6) is 1.55. The first-order valence-electron chi connectivity index (χ1n) is 7.37. The molecule has 1 aromatic carbocycles. The van der Waals surface area contributed by atoms with Crippen molar-refractivity contribution in [2.24, 2.45) is 17.8 Å². The van der Waals surface area contributed by atoms with Crippen LogP contribution in [0.5, 0.6) is 0 Å². The minimum Gasteiger partial charge on any atom is -0.310 e. The molecule has 0 aromatic heterocycles. The molecule has 0 amide bonds. The van der Waals surface area contributed by atoms with E-state index in [2.05, 4.69) is 12.2 Å². The van der Waals surface area contributed by atoms with Gasteiger partial charge < -0.3 is 5.32 Å². The van der Waals surface area contributed by atoms with Gasteiger partial charge in [0.2, 0.25) is 0 Å². The quantitative estimate of drug-likeness (QED) is 0.847. The lowest BCUT2D eigenvalue weighted by molar-refractivity contribution is 0.332. The van der Waals surface area contributed by atoms with Gasteiger partial charge in [0.1, 0.15) is 11.6 Å². The fourth-order valence-corrected chi connectivity index (χ4v) is 3.62. The van der Waals surface area contributed by atoms with Gasteiger partial charge in [0, 0.05) is 11.6 Å². The number of rotatable bonds is 5. The highest BCUT2D eigenvalue weighted by Crippen LogP contribution is 2.57. The Morgan fingerprint density at radius 2 is 1.95 bits per heavy atom. The fraction of sp³-hybridized carbons (Fsp3) is 0.625. The topological polar surface area (TPSA) is 12.0 Å². The van der Waals surface area contributed by atoms with Crippen LogP contribution in [0.2, 0.25) is 0 Å². The van der Waals surface area contributed by atoms with Gasteiger partial charge in [0.05, 0.1) is 0 Å². The third-order valence-electron chi connectivity index (χ3n) is 4.66. The van der Waals surface area contributed by atoms with E-state index < -0.39 is 0 Å². The maximum Gasteiger partial charge on any atom is 0.128 e. The van der Waals surface area contributed by atoms with Crippen LogP contribution in [0.25, 0.3) is 0 Å². The Balaban J connectivity index is 1.82. The third-order valence-corrected chi connectivity index (χ3v) is 4.66. The molecule has 2 aliphatic rings. The molecule has 3 rings (SSSR count). The lowest BCUT2D eigenvalue weighted by Crippen LogP contribution is -2.29. The normalized spacial score (nSPS) is 30.2. The molecular weight excluding hydrogens is 244 g/mol. The van der Waals surface area contributed by atoms with Crippen molar-refractivity contribution in [1.29, 1.82) is 0 Å². The molecule has 0 aliphatic heterocycles. The van der Waals surface area contributed by atoms with E-state index in [9.17, 15) is 8.78 Å². The van der Waals surface area contributed by atoms with Crippen LogP contribution in [-0.4, -0.2) is 6.54 Å². The molecule has 2 saturated carbocycles. The molecular formula is C16H21F2N. The van der Waals surface area contributed by atoms with Gasteiger partial charge in [-0.25, -0.2) is 8.78 Å². The summed E-state index contributed by atoms with van der Waals surface area (Å²) in [6.07, 6.45) is 4.69. The summed E-state index contributed by atoms with van der Waals surface area (Å²) in [7, 11) is 0. The molecule has 3 unspecified atom stereocenters. The molecule has 0 saturated heterocycles. The fourth-order valence-electron chi connectivity index (χ4n) is 3.62. The molecule has 19 heavy (non-hydrogen) atoms. The molecule has 2 fully saturated rings. The van der Waals surface area contributed by atoms with Gasteiger partial charge >= 0.3 is 0 Å². The van der Waals surface area contributed by atoms with E-state index in [1.54, 1.807) is 0 Å². The summed E-state index contributed by atoms with van der Waals surface area (Å²) in [6, 6.07) is 3.79. The highest BCUT2D eigenvalue weighted by atomic mass is 19.1. The van der Waals surface area contributed by atoms with Crippen LogP contribution in [0.4, 0.5) is 8.78 Å². The van der Waals surface area contributed by atoms with E-state index in [4.69, 9.17) is 0 Å². The molecule has 104 valence electrons. The Morgan fingerprint density at radius 3 is 2.63 bits per heavy atom. The van der Waals surface area contributed by atoms with Gasteiger partial charge in [0.15, 0.2) is 0 Å². The first-order chi connectivity index (χ1) is 9.19. The smallest absolute Gasteiger partial charge is 0.128 e.